The zero-order valence-corrected chi connectivity index (χ0v) is 12.7. The summed E-state index contributed by atoms with van der Waals surface area (Å²) < 4.78 is 0.810. The maximum absolute atomic E-state index is 10.4. The van der Waals surface area contributed by atoms with Gasteiger partial charge in [-0.2, -0.15) is 0 Å². The van der Waals surface area contributed by atoms with Crippen LogP contribution in [0.3, 0.4) is 0 Å². The molecule has 1 saturated carbocycles. The van der Waals surface area contributed by atoms with E-state index in [9.17, 15) is 5.11 Å². The minimum absolute atomic E-state index is 0.383. The third kappa shape index (κ3) is 2.67. The predicted octanol–water partition coefficient (Wildman–Crippen LogP) is 2.90. The number of phenolic OH excluding ortho intramolecular Hbond substituents is 1. The van der Waals surface area contributed by atoms with Gasteiger partial charge >= 0.3 is 0 Å². The topological polar surface area (TPSA) is 35.5 Å². The standard InChI is InChI=1S/C15H21BrN2O/c16-13-6-2-5-12(15(13)19)14(11-3-1-4-11)18-9-7-17-8-10-18/h2,5-6,11,14,17,19H,1,3-4,7-10H2/t14-/m0/s1. The largest absolute Gasteiger partial charge is 0.506 e. The fraction of sp³-hybridized carbons (Fsp3) is 0.600. The molecule has 1 aliphatic heterocycles. The van der Waals surface area contributed by atoms with Gasteiger partial charge in [-0.1, -0.05) is 18.6 Å². The number of piperazine rings is 1. The lowest BCUT2D eigenvalue weighted by Gasteiger charge is -2.43. The third-order valence-corrected chi connectivity index (χ3v) is 5.12. The van der Waals surface area contributed by atoms with E-state index < -0.39 is 0 Å². The zero-order chi connectivity index (χ0) is 13.2. The van der Waals surface area contributed by atoms with E-state index in [1.54, 1.807) is 0 Å². The van der Waals surface area contributed by atoms with Crippen LogP contribution in [-0.2, 0) is 0 Å². The van der Waals surface area contributed by atoms with E-state index >= 15 is 0 Å². The van der Waals surface area contributed by atoms with Crippen molar-refractivity contribution in [3.63, 3.8) is 0 Å². The molecule has 2 aliphatic rings. The number of hydrogen-bond donors (Lipinski definition) is 2. The highest BCUT2D eigenvalue weighted by atomic mass is 79.9. The average molecular weight is 325 g/mol. The molecule has 0 spiro atoms. The predicted molar refractivity (Wildman–Crippen MR) is 80.3 cm³/mol. The molecule has 104 valence electrons. The normalized spacial score (nSPS) is 23.0. The summed E-state index contributed by atoms with van der Waals surface area (Å²) in [6, 6.07) is 6.42. The first kappa shape index (κ1) is 13.4. The molecule has 1 saturated heterocycles. The molecule has 1 heterocycles. The first-order valence-electron chi connectivity index (χ1n) is 7.19. The minimum Gasteiger partial charge on any atom is -0.506 e. The molecule has 1 aliphatic carbocycles. The van der Waals surface area contributed by atoms with Crippen LogP contribution in [0.5, 0.6) is 5.75 Å². The van der Waals surface area contributed by atoms with E-state index in [-0.39, 0.29) is 0 Å². The molecule has 0 bridgehead atoms. The van der Waals surface area contributed by atoms with Gasteiger partial charge in [-0.05, 0) is 40.8 Å². The maximum atomic E-state index is 10.4. The van der Waals surface area contributed by atoms with Gasteiger partial charge in [0.2, 0.25) is 0 Å². The van der Waals surface area contributed by atoms with E-state index in [2.05, 4.69) is 32.2 Å². The van der Waals surface area contributed by atoms with Crippen LogP contribution in [0.25, 0.3) is 0 Å². The molecule has 1 aromatic rings. The lowest BCUT2D eigenvalue weighted by Crippen LogP contribution is -2.47. The Bertz CT molecular complexity index is 442. The lowest BCUT2D eigenvalue weighted by molar-refractivity contribution is 0.0819. The fourth-order valence-electron chi connectivity index (χ4n) is 3.24. The van der Waals surface area contributed by atoms with Gasteiger partial charge in [0.05, 0.1) is 4.47 Å². The molecular weight excluding hydrogens is 304 g/mol. The maximum Gasteiger partial charge on any atom is 0.134 e. The van der Waals surface area contributed by atoms with Crippen molar-refractivity contribution in [1.82, 2.24) is 10.2 Å². The molecule has 19 heavy (non-hydrogen) atoms. The van der Waals surface area contributed by atoms with Crippen LogP contribution in [-0.4, -0.2) is 36.2 Å². The summed E-state index contributed by atoms with van der Waals surface area (Å²) in [4.78, 5) is 2.54. The highest BCUT2D eigenvalue weighted by Gasteiger charge is 2.35. The van der Waals surface area contributed by atoms with Crippen LogP contribution in [0.15, 0.2) is 22.7 Å². The van der Waals surface area contributed by atoms with E-state index in [1.165, 1.54) is 19.3 Å². The van der Waals surface area contributed by atoms with Crippen molar-refractivity contribution in [3.05, 3.63) is 28.2 Å². The molecule has 3 nitrogen and oxygen atoms in total. The Morgan fingerprint density at radius 2 is 2.00 bits per heavy atom. The third-order valence-electron chi connectivity index (χ3n) is 4.48. The van der Waals surface area contributed by atoms with Crippen molar-refractivity contribution in [3.8, 4) is 5.75 Å². The monoisotopic (exact) mass is 324 g/mol. The van der Waals surface area contributed by atoms with E-state index in [1.807, 2.05) is 12.1 Å². The second-order valence-corrected chi connectivity index (χ2v) is 6.45. The van der Waals surface area contributed by atoms with Gasteiger partial charge in [0.15, 0.2) is 0 Å². The van der Waals surface area contributed by atoms with Crippen molar-refractivity contribution in [2.24, 2.45) is 5.92 Å². The highest BCUT2D eigenvalue weighted by Crippen LogP contribution is 2.45. The van der Waals surface area contributed by atoms with Gasteiger partial charge in [-0.3, -0.25) is 4.90 Å². The average Bonchev–Trinajstić information content (AvgIpc) is 2.38. The Balaban J connectivity index is 1.91. The number of hydrogen-bond acceptors (Lipinski definition) is 3. The molecule has 0 radical (unpaired) electrons. The molecule has 2 fully saturated rings. The van der Waals surface area contributed by atoms with Gasteiger partial charge in [-0.15, -0.1) is 0 Å². The Labute approximate surface area is 123 Å². The lowest BCUT2D eigenvalue weighted by atomic mass is 9.76. The summed E-state index contributed by atoms with van der Waals surface area (Å²) in [6.07, 6.45) is 3.92. The number of halogens is 1. The summed E-state index contributed by atoms with van der Waals surface area (Å²) in [5.74, 6) is 1.14. The summed E-state index contributed by atoms with van der Waals surface area (Å²) in [5.41, 5.74) is 1.10. The number of benzene rings is 1. The van der Waals surface area contributed by atoms with E-state index in [0.717, 1.165) is 36.2 Å². The molecule has 0 unspecified atom stereocenters. The van der Waals surface area contributed by atoms with Crippen molar-refractivity contribution in [1.29, 1.82) is 0 Å². The van der Waals surface area contributed by atoms with Crippen LogP contribution in [0.2, 0.25) is 0 Å². The van der Waals surface area contributed by atoms with Crippen LogP contribution in [0.1, 0.15) is 30.9 Å². The Morgan fingerprint density at radius 1 is 1.26 bits per heavy atom. The number of rotatable bonds is 3. The summed E-state index contributed by atoms with van der Waals surface area (Å²) >= 11 is 3.45. The van der Waals surface area contributed by atoms with Gasteiger partial charge in [0, 0.05) is 37.8 Å². The SMILES string of the molecule is Oc1c(Br)cccc1[C@H](C1CCC1)N1CCNCC1. The second kappa shape index (κ2) is 5.81. The summed E-state index contributed by atoms with van der Waals surface area (Å²) in [7, 11) is 0. The molecule has 4 heteroatoms. The summed E-state index contributed by atoms with van der Waals surface area (Å²) in [6.45, 7) is 4.26. The smallest absolute Gasteiger partial charge is 0.134 e. The Kier molecular flexibility index (Phi) is 4.10. The van der Waals surface area contributed by atoms with E-state index in [0.29, 0.717) is 17.7 Å². The van der Waals surface area contributed by atoms with Gasteiger partial charge in [0.1, 0.15) is 5.75 Å². The van der Waals surface area contributed by atoms with Crippen molar-refractivity contribution in [2.45, 2.75) is 25.3 Å². The van der Waals surface area contributed by atoms with Gasteiger partial charge in [0.25, 0.3) is 0 Å². The first-order valence-corrected chi connectivity index (χ1v) is 7.99. The number of aromatic hydroxyl groups is 1. The van der Waals surface area contributed by atoms with Crippen LogP contribution >= 0.6 is 15.9 Å². The molecule has 1 atom stereocenters. The number of nitrogens with zero attached hydrogens (tertiary/aromatic N) is 1. The highest BCUT2D eigenvalue weighted by molar-refractivity contribution is 9.10. The van der Waals surface area contributed by atoms with Crippen molar-refractivity contribution >= 4 is 15.9 Å². The zero-order valence-electron chi connectivity index (χ0n) is 11.1. The molecule has 0 amide bonds. The van der Waals surface area contributed by atoms with E-state index in [4.69, 9.17) is 0 Å². The molecular formula is C15H21BrN2O. The van der Waals surface area contributed by atoms with Gasteiger partial charge < -0.3 is 10.4 Å². The van der Waals surface area contributed by atoms with Crippen LogP contribution in [0.4, 0.5) is 0 Å². The number of phenols is 1. The Hall–Kier alpha value is -0.580. The number of para-hydroxylation sites is 1. The Morgan fingerprint density at radius 3 is 2.63 bits per heavy atom. The molecule has 0 aromatic heterocycles. The summed E-state index contributed by atoms with van der Waals surface area (Å²) in [5, 5.41) is 13.8. The quantitative estimate of drug-likeness (QED) is 0.897. The second-order valence-electron chi connectivity index (χ2n) is 5.60. The van der Waals surface area contributed by atoms with Gasteiger partial charge in [-0.25, -0.2) is 0 Å². The number of nitrogens with one attached hydrogen (secondary N) is 1. The van der Waals surface area contributed by atoms with Crippen molar-refractivity contribution in [2.75, 3.05) is 26.2 Å². The molecule has 1 aromatic carbocycles. The molecule has 3 rings (SSSR count). The fourth-order valence-corrected chi connectivity index (χ4v) is 3.62. The van der Waals surface area contributed by atoms with Crippen LogP contribution in [0, 0.1) is 5.92 Å². The van der Waals surface area contributed by atoms with Crippen molar-refractivity contribution < 1.29 is 5.11 Å². The first-order chi connectivity index (χ1) is 9.27. The minimum atomic E-state index is 0.383. The van der Waals surface area contributed by atoms with Crippen LogP contribution < -0.4 is 5.32 Å². The molecule has 2 N–H and O–H groups in total.